The fraction of sp³-hybridized carbons (Fsp3) is 0.571. The largest absolute Gasteiger partial charge is 0.352 e. The Labute approximate surface area is 109 Å². The van der Waals surface area contributed by atoms with Crippen LogP contribution in [-0.2, 0) is 4.79 Å². The zero-order valence-corrected chi connectivity index (χ0v) is 11.6. The van der Waals surface area contributed by atoms with E-state index in [1.54, 1.807) is 6.20 Å². The van der Waals surface area contributed by atoms with Crippen LogP contribution < -0.4 is 10.6 Å². The third kappa shape index (κ3) is 4.45. The van der Waals surface area contributed by atoms with Gasteiger partial charge in [0.1, 0.15) is 0 Å². The molecule has 0 aromatic carbocycles. The lowest BCUT2D eigenvalue weighted by atomic mass is 10.1. The van der Waals surface area contributed by atoms with Crippen LogP contribution in [0.3, 0.4) is 0 Å². The molecule has 3 atom stereocenters. The van der Waals surface area contributed by atoms with Crippen LogP contribution in [0, 0.1) is 0 Å². The third-order valence-corrected chi connectivity index (χ3v) is 3.08. The lowest BCUT2D eigenvalue weighted by Gasteiger charge is -2.21. The number of amides is 1. The van der Waals surface area contributed by atoms with Crippen molar-refractivity contribution in [2.24, 2.45) is 0 Å². The minimum atomic E-state index is -0.214. The van der Waals surface area contributed by atoms with Crippen LogP contribution in [0.1, 0.15) is 45.7 Å². The molecule has 0 aliphatic rings. The van der Waals surface area contributed by atoms with Crippen LogP contribution in [0.2, 0.25) is 0 Å². The standard InChI is InChI=1S/C14H23N3O/c1-5-10(2)16-14(18)12(4)17-11(3)13-7-6-8-15-9-13/h6-12,17H,5H2,1-4H3,(H,16,18). The number of carbonyl (C=O) groups is 1. The van der Waals surface area contributed by atoms with Crippen molar-refractivity contribution in [2.45, 2.75) is 52.2 Å². The predicted octanol–water partition coefficient (Wildman–Crippen LogP) is 2.04. The van der Waals surface area contributed by atoms with Gasteiger partial charge in [-0.2, -0.15) is 0 Å². The molecule has 0 saturated heterocycles. The highest BCUT2D eigenvalue weighted by atomic mass is 16.2. The van der Waals surface area contributed by atoms with Crippen molar-refractivity contribution >= 4 is 5.91 Å². The summed E-state index contributed by atoms with van der Waals surface area (Å²) in [4.78, 5) is 16.0. The molecular formula is C14H23N3O. The summed E-state index contributed by atoms with van der Waals surface area (Å²) in [5.74, 6) is 0.0418. The fourth-order valence-corrected chi connectivity index (χ4v) is 1.65. The Morgan fingerprint density at radius 2 is 2.11 bits per heavy atom. The van der Waals surface area contributed by atoms with Crippen LogP contribution in [0.25, 0.3) is 0 Å². The molecular weight excluding hydrogens is 226 g/mol. The highest BCUT2D eigenvalue weighted by Gasteiger charge is 2.17. The van der Waals surface area contributed by atoms with E-state index >= 15 is 0 Å². The molecule has 1 aromatic rings. The monoisotopic (exact) mass is 249 g/mol. The molecule has 0 saturated carbocycles. The number of rotatable bonds is 6. The molecule has 1 amide bonds. The summed E-state index contributed by atoms with van der Waals surface area (Å²) in [6, 6.07) is 4.02. The predicted molar refractivity (Wildman–Crippen MR) is 73.1 cm³/mol. The molecule has 2 N–H and O–H groups in total. The molecule has 0 aliphatic heterocycles. The van der Waals surface area contributed by atoms with E-state index in [1.807, 2.05) is 39.1 Å². The first kappa shape index (κ1) is 14.6. The van der Waals surface area contributed by atoms with Gasteiger partial charge in [0.15, 0.2) is 0 Å². The first-order valence-corrected chi connectivity index (χ1v) is 6.51. The van der Waals surface area contributed by atoms with E-state index in [0.29, 0.717) is 0 Å². The lowest BCUT2D eigenvalue weighted by Crippen LogP contribution is -2.46. The first-order chi connectivity index (χ1) is 8.54. The summed E-state index contributed by atoms with van der Waals surface area (Å²) >= 11 is 0. The second kappa shape index (κ2) is 7.11. The van der Waals surface area contributed by atoms with Crippen LogP contribution in [0.4, 0.5) is 0 Å². The molecule has 0 spiro atoms. The quantitative estimate of drug-likeness (QED) is 0.811. The highest BCUT2D eigenvalue weighted by Crippen LogP contribution is 2.10. The minimum Gasteiger partial charge on any atom is -0.352 e. The molecule has 0 aliphatic carbocycles. The van der Waals surface area contributed by atoms with Gasteiger partial charge in [0.05, 0.1) is 6.04 Å². The second-order valence-corrected chi connectivity index (χ2v) is 4.71. The van der Waals surface area contributed by atoms with E-state index in [2.05, 4.69) is 22.5 Å². The Balaban J connectivity index is 2.49. The summed E-state index contributed by atoms with van der Waals surface area (Å²) in [6.07, 6.45) is 4.50. The second-order valence-electron chi connectivity index (χ2n) is 4.71. The van der Waals surface area contributed by atoms with Crippen molar-refractivity contribution in [1.82, 2.24) is 15.6 Å². The summed E-state index contributed by atoms with van der Waals surface area (Å²) in [5, 5.41) is 6.24. The van der Waals surface area contributed by atoms with E-state index in [0.717, 1.165) is 12.0 Å². The maximum Gasteiger partial charge on any atom is 0.237 e. The topological polar surface area (TPSA) is 54.0 Å². The van der Waals surface area contributed by atoms with E-state index < -0.39 is 0 Å². The number of nitrogens with one attached hydrogen (secondary N) is 2. The Kier molecular flexibility index (Phi) is 5.78. The van der Waals surface area contributed by atoms with Gasteiger partial charge in [-0.1, -0.05) is 13.0 Å². The third-order valence-electron chi connectivity index (χ3n) is 3.08. The van der Waals surface area contributed by atoms with Gasteiger partial charge in [0.2, 0.25) is 5.91 Å². The van der Waals surface area contributed by atoms with Gasteiger partial charge >= 0.3 is 0 Å². The van der Waals surface area contributed by atoms with Gasteiger partial charge in [0, 0.05) is 24.5 Å². The first-order valence-electron chi connectivity index (χ1n) is 6.51. The van der Waals surface area contributed by atoms with E-state index in [4.69, 9.17) is 0 Å². The Bertz CT molecular complexity index is 367. The number of pyridine rings is 1. The average Bonchev–Trinajstić information content (AvgIpc) is 2.39. The summed E-state index contributed by atoms with van der Waals surface area (Å²) in [5.41, 5.74) is 1.08. The van der Waals surface area contributed by atoms with E-state index in [9.17, 15) is 4.79 Å². The van der Waals surface area contributed by atoms with Crippen molar-refractivity contribution < 1.29 is 4.79 Å². The molecule has 4 nitrogen and oxygen atoms in total. The molecule has 0 radical (unpaired) electrons. The van der Waals surface area contributed by atoms with Crippen LogP contribution in [0.15, 0.2) is 24.5 Å². The van der Waals surface area contributed by atoms with Gasteiger partial charge in [-0.3, -0.25) is 15.1 Å². The van der Waals surface area contributed by atoms with E-state index in [1.165, 1.54) is 0 Å². The summed E-state index contributed by atoms with van der Waals surface area (Å²) in [6.45, 7) is 7.98. The number of aromatic nitrogens is 1. The normalized spacial score (nSPS) is 15.8. The lowest BCUT2D eigenvalue weighted by molar-refractivity contribution is -0.123. The van der Waals surface area contributed by atoms with Crippen molar-refractivity contribution in [1.29, 1.82) is 0 Å². The van der Waals surface area contributed by atoms with Gasteiger partial charge in [-0.05, 0) is 38.8 Å². The smallest absolute Gasteiger partial charge is 0.237 e. The van der Waals surface area contributed by atoms with Crippen molar-refractivity contribution in [3.63, 3.8) is 0 Å². The Morgan fingerprint density at radius 3 is 2.67 bits per heavy atom. The van der Waals surface area contributed by atoms with Crippen LogP contribution in [0.5, 0.6) is 0 Å². The van der Waals surface area contributed by atoms with Gasteiger partial charge in [0.25, 0.3) is 0 Å². The van der Waals surface area contributed by atoms with Crippen molar-refractivity contribution in [3.05, 3.63) is 30.1 Å². The molecule has 1 aromatic heterocycles. The summed E-state index contributed by atoms with van der Waals surface area (Å²) in [7, 11) is 0. The zero-order valence-electron chi connectivity index (χ0n) is 11.6. The number of nitrogens with zero attached hydrogens (tertiary/aromatic N) is 1. The maximum absolute atomic E-state index is 11.9. The maximum atomic E-state index is 11.9. The van der Waals surface area contributed by atoms with Crippen LogP contribution >= 0.6 is 0 Å². The van der Waals surface area contributed by atoms with Gasteiger partial charge in [-0.15, -0.1) is 0 Å². The molecule has 1 rings (SSSR count). The molecule has 3 unspecified atom stereocenters. The molecule has 0 bridgehead atoms. The SMILES string of the molecule is CCC(C)NC(=O)C(C)NC(C)c1cccnc1. The molecule has 0 fully saturated rings. The summed E-state index contributed by atoms with van der Waals surface area (Å²) < 4.78 is 0. The van der Waals surface area contributed by atoms with Gasteiger partial charge in [-0.25, -0.2) is 0 Å². The molecule has 18 heavy (non-hydrogen) atoms. The number of hydrogen-bond acceptors (Lipinski definition) is 3. The molecule has 4 heteroatoms. The molecule has 1 heterocycles. The zero-order chi connectivity index (χ0) is 13.5. The van der Waals surface area contributed by atoms with Crippen molar-refractivity contribution in [3.8, 4) is 0 Å². The Morgan fingerprint density at radius 1 is 1.39 bits per heavy atom. The number of hydrogen-bond donors (Lipinski definition) is 2. The van der Waals surface area contributed by atoms with Gasteiger partial charge < -0.3 is 5.32 Å². The van der Waals surface area contributed by atoms with Crippen LogP contribution in [-0.4, -0.2) is 23.0 Å². The number of carbonyl (C=O) groups excluding carboxylic acids is 1. The average molecular weight is 249 g/mol. The van der Waals surface area contributed by atoms with Crippen molar-refractivity contribution in [2.75, 3.05) is 0 Å². The Hall–Kier alpha value is -1.42. The minimum absolute atomic E-state index is 0.0418. The fourth-order valence-electron chi connectivity index (χ4n) is 1.65. The van der Waals surface area contributed by atoms with E-state index in [-0.39, 0.29) is 24.0 Å². The molecule has 100 valence electrons. The highest BCUT2D eigenvalue weighted by molar-refractivity contribution is 5.81.